The van der Waals surface area contributed by atoms with E-state index in [1.54, 1.807) is 22.5 Å². The van der Waals surface area contributed by atoms with Crippen LogP contribution >= 0.6 is 0 Å². The van der Waals surface area contributed by atoms with Crippen LogP contribution in [0.15, 0.2) is 23.1 Å². The summed E-state index contributed by atoms with van der Waals surface area (Å²) in [5.74, 6) is 0.203. The van der Waals surface area contributed by atoms with Gasteiger partial charge in [-0.15, -0.1) is 0 Å². The van der Waals surface area contributed by atoms with Crippen molar-refractivity contribution in [2.24, 2.45) is 5.92 Å². The van der Waals surface area contributed by atoms with Crippen molar-refractivity contribution in [3.63, 3.8) is 0 Å². The molecule has 0 aromatic heterocycles. The average molecular weight is 408 g/mol. The summed E-state index contributed by atoms with van der Waals surface area (Å²) in [7, 11) is -3.54. The third-order valence-corrected chi connectivity index (χ3v) is 7.28. The lowest BCUT2D eigenvalue weighted by atomic mass is 10.0. The largest absolute Gasteiger partial charge is 0.352 e. The number of hydrogen-bond acceptors (Lipinski definition) is 4. The molecule has 1 aromatic carbocycles. The molecule has 2 heterocycles. The SMILES string of the molecule is CC1CCN(S(=O)(=O)c2ccc3c(c2)CCC(=O)N3CC(=O)NC(C)C)CC1. The minimum atomic E-state index is -3.54. The van der Waals surface area contributed by atoms with Crippen molar-refractivity contribution in [2.45, 2.75) is 57.4 Å². The lowest BCUT2D eigenvalue weighted by molar-refractivity contribution is -0.124. The van der Waals surface area contributed by atoms with Crippen molar-refractivity contribution in [1.82, 2.24) is 9.62 Å². The number of rotatable bonds is 5. The molecule has 0 atom stereocenters. The van der Waals surface area contributed by atoms with Gasteiger partial charge in [-0.1, -0.05) is 6.92 Å². The Kier molecular flexibility index (Phi) is 6.09. The van der Waals surface area contributed by atoms with Gasteiger partial charge in [-0.25, -0.2) is 8.42 Å². The number of nitrogens with zero attached hydrogens (tertiary/aromatic N) is 2. The van der Waals surface area contributed by atoms with Gasteiger partial charge in [0.15, 0.2) is 0 Å². The van der Waals surface area contributed by atoms with Crippen molar-refractivity contribution < 1.29 is 18.0 Å². The summed E-state index contributed by atoms with van der Waals surface area (Å²) in [5, 5.41) is 2.79. The van der Waals surface area contributed by atoms with Gasteiger partial charge >= 0.3 is 0 Å². The molecule has 0 unspecified atom stereocenters. The zero-order chi connectivity index (χ0) is 20.5. The third-order valence-electron chi connectivity index (χ3n) is 5.38. The first-order chi connectivity index (χ1) is 13.2. The summed E-state index contributed by atoms with van der Waals surface area (Å²) >= 11 is 0. The lowest BCUT2D eigenvalue weighted by Gasteiger charge is -2.31. The second-order valence-corrected chi connectivity index (χ2v) is 10.0. The molecule has 8 heteroatoms. The Morgan fingerprint density at radius 3 is 2.54 bits per heavy atom. The number of hydrogen-bond donors (Lipinski definition) is 1. The molecule has 2 amide bonds. The van der Waals surface area contributed by atoms with Crippen molar-refractivity contribution in [3.8, 4) is 0 Å². The second kappa shape index (κ2) is 8.21. The van der Waals surface area contributed by atoms with Gasteiger partial charge in [0.1, 0.15) is 6.54 Å². The fourth-order valence-electron chi connectivity index (χ4n) is 3.76. The van der Waals surface area contributed by atoms with Gasteiger partial charge in [0.2, 0.25) is 21.8 Å². The van der Waals surface area contributed by atoms with E-state index in [-0.39, 0.29) is 35.7 Å². The van der Waals surface area contributed by atoms with Gasteiger partial charge in [0.25, 0.3) is 0 Å². The van der Waals surface area contributed by atoms with E-state index in [0.29, 0.717) is 31.1 Å². The van der Waals surface area contributed by atoms with E-state index in [1.807, 2.05) is 13.8 Å². The molecule has 1 aromatic rings. The maximum atomic E-state index is 13.0. The minimum absolute atomic E-state index is 0.00774. The molecular formula is C20H29N3O4S. The van der Waals surface area contributed by atoms with E-state index in [1.165, 1.54) is 4.90 Å². The van der Waals surface area contributed by atoms with E-state index in [2.05, 4.69) is 12.2 Å². The molecule has 2 aliphatic heterocycles. The van der Waals surface area contributed by atoms with Gasteiger partial charge in [-0.3, -0.25) is 9.59 Å². The number of aryl methyl sites for hydroxylation is 1. The number of piperidine rings is 1. The molecule has 0 aliphatic carbocycles. The van der Waals surface area contributed by atoms with E-state index >= 15 is 0 Å². The van der Waals surface area contributed by atoms with E-state index in [4.69, 9.17) is 0 Å². The summed E-state index contributed by atoms with van der Waals surface area (Å²) < 4.78 is 27.6. The van der Waals surface area contributed by atoms with Crippen LogP contribution < -0.4 is 10.2 Å². The van der Waals surface area contributed by atoms with Gasteiger partial charge in [-0.05, 0) is 62.8 Å². The molecule has 0 saturated carbocycles. The van der Waals surface area contributed by atoms with Crippen LogP contribution in [-0.4, -0.2) is 50.2 Å². The summed E-state index contributed by atoms with van der Waals surface area (Å²) in [6.07, 6.45) is 2.50. The van der Waals surface area contributed by atoms with Gasteiger partial charge in [0, 0.05) is 31.2 Å². The zero-order valence-corrected chi connectivity index (χ0v) is 17.6. The summed E-state index contributed by atoms with van der Waals surface area (Å²) in [5.41, 5.74) is 1.42. The van der Waals surface area contributed by atoms with Crippen molar-refractivity contribution in [1.29, 1.82) is 0 Å². The highest BCUT2D eigenvalue weighted by atomic mass is 32.2. The first-order valence-electron chi connectivity index (χ1n) is 9.91. The number of sulfonamides is 1. The Labute approximate surface area is 167 Å². The second-order valence-electron chi connectivity index (χ2n) is 8.08. The van der Waals surface area contributed by atoms with Crippen molar-refractivity contribution in [3.05, 3.63) is 23.8 Å². The number of carbonyl (C=O) groups is 2. The van der Waals surface area contributed by atoms with Crippen molar-refractivity contribution >= 4 is 27.5 Å². The van der Waals surface area contributed by atoms with Gasteiger partial charge in [0.05, 0.1) is 4.90 Å². The highest BCUT2D eigenvalue weighted by Gasteiger charge is 2.31. The van der Waals surface area contributed by atoms with Crippen LogP contribution in [0.1, 0.15) is 45.6 Å². The molecule has 0 spiro atoms. The summed E-state index contributed by atoms with van der Waals surface area (Å²) in [6.45, 7) is 6.90. The minimum Gasteiger partial charge on any atom is -0.352 e. The van der Waals surface area contributed by atoms with Crippen molar-refractivity contribution in [2.75, 3.05) is 24.5 Å². The predicted molar refractivity (Wildman–Crippen MR) is 108 cm³/mol. The number of anilines is 1. The monoisotopic (exact) mass is 407 g/mol. The van der Waals surface area contributed by atoms with E-state index in [9.17, 15) is 18.0 Å². The first-order valence-corrected chi connectivity index (χ1v) is 11.4. The lowest BCUT2D eigenvalue weighted by Crippen LogP contribution is -2.44. The van der Waals surface area contributed by atoms with E-state index in [0.717, 1.165) is 18.4 Å². The van der Waals surface area contributed by atoms with Crippen LogP contribution in [0.5, 0.6) is 0 Å². The Morgan fingerprint density at radius 1 is 1.21 bits per heavy atom. The molecule has 3 rings (SSSR count). The Bertz CT molecular complexity index is 858. The predicted octanol–water partition coefficient (Wildman–Crippen LogP) is 1.91. The maximum Gasteiger partial charge on any atom is 0.243 e. The zero-order valence-electron chi connectivity index (χ0n) is 16.8. The topological polar surface area (TPSA) is 86.8 Å². The quantitative estimate of drug-likeness (QED) is 0.808. The smallest absolute Gasteiger partial charge is 0.243 e. The highest BCUT2D eigenvalue weighted by molar-refractivity contribution is 7.89. The Hall–Kier alpha value is -1.93. The standard InChI is InChI=1S/C20H29N3O4S/c1-14(2)21-19(24)13-23-18-6-5-17(12-16(18)4-7-20(23)25)28(26,27)22-10-8-15(3)9-11-22/h5-6,12,14-15H,4,7-11,13H2,1-3H3,(H,21,24). The molecule has 1 N–H and O–H groups in total. The fraction of sp³-hybridized carbons (Fsp3) is 0.600. The maximum absolute atomic E-state index is 13.0. The Balaban J connectivity index is 1.84. The fourth-order valence-corrected chi connectivity index (χ4v) is 5.28. The van der Waals surface area contributed by atoms with Crippen LogP contribution in [0.25, 0.3) is 0 Å². The molecule has 0 radical (unpaired) electrons. The number of benzene rings is 1. The van der Waals surface area contributed by atoms with E-state index < -0.39 is 10.0 Å². The Morgan fingerprint density at radius 2 is 1.89 bits per heavy atom. The molecule has 1 fully saturated rings. The number of nitrogens with one attached hydrogen (secondary N) is 1. The van der Waals surface area contributed by atoms with Crippen LogP contribution in [0.3, 0.4) is 0 Å². The summed E-state index contributed by atoms with van der Waals surface area (Å²) in [4.78, 5) is 26.2. The summed E-state index contributed by atoms with van der Waals surface area (Å²) in [6, 6.07) is 4.88. The number of amides is 2. The molecule has 2 aliphatic rings. The number of fused-ring (bicyclic) bond motifs is 1. The molecular weight excluding hydrogens is 378 g/mol. The van der Waals surface area contributed by atoms with Gasteiger partial charge < -0.3 is 10.2 Å². The normalized spacial score (nSPS) is 19.0. The van der Waals surface area contributed by atoms with Crippen LogP contribution in [-0.2, 0) is 26.0 Å². The van der Waals surface area contributed by atoms with Crippen LogP contribution in [0.4, 0.5) is 5.69 Å². The molecule has 0 bridgehead atoms. The van der Waals surface area contributed by atoms with Gasteiger partial charge in [-0.2, -0.15) is 4.31 Å². The molecule has 1 saturated heterocycles. The highest BCUT2D eigenvalue weighted by Crippen LogP contribution is 2.32. The average Bonchev–Trinajstić information content (AvgIpc) is 2.63. The molecule has 154 valence electrons. The first kappa shape index (κ1) is 20.8. The van der Waals surface area contributed by atoms with Crippen LogP contribution in [0, 0.1) is 5.92 Å². The third kappa shape index (κ3) is 4.38. The number of carbonyl (C=O) groups excluding carboxylic acids is 2. The van der Waals surface area contributed by atoms with Crippen LogP contribution in [0.2, 0.25) is 0 Å². The molecule has 7 nitrogen and oxygen atoms in total. The molecule has 28 heavy (non-hydrogen) atoms.